The summed E-state index contributed by atoms with van der Waals surface area (Å²) in [6, 6.07) is 7.09. The second-order valence-corrected chi connectivity index (χ2v) is 12.3. The summed E-state index contributed by atoms with van der Waals surface area (Å²) in [7, 11) is -2.16. The van der Waals surface area contributed by atoms with Gasteiger partial charge in [0.2, 0.25) is 10.0 Å². The number of carbonyl (C=O) groups is 1. The monoisotopic (exact) mass is 546 g/mol. The molecule has 0 atom stereocenters. The lowest BCUT2D eigenvalue weighted by Gasteiger charge is -2.28. The van der Waals surface area contributed by atoms with Crippen LogP contribution in [0.1, 0.15) is 61.8 Å². The normalized spacial score (nSPS) is 18.1. The quantitative estimate of drug-likeness (QED) is 0.390. The first-order valence-electron chi connectivity index (χ1n) is 12.3. The van der Waals surface area contributed by atoms with Crippen molar-refractivity contribution in [1.29, 1.82) is 0 Å². The summed E-state index contributed by atoms with van der Waals surface area (Å²) < 4.78 is 32.1. The van der Waals surface area contributed by atoms with Crippen LogP contribution in [0.3, 0.4) is 0 Å². The van der Waals surface area contributed by atoms with E-state index in [1.54, 1.807) is 16.8 Å². The lowest BCUT2D eigenvalue weighted by Crippen LogP contribution is -2.38. The standard InChI is InChI=1S/C25H34N6O4S2/c1-14(2)35-25(32)29-18-8-6-17(7-9-18)24-27-16(4)23(36-24)20-11-10-19(13-21(20)37(26,33)34)28-22-12-15(3)31(5)30-22/h10-14,17-18H,6-9H2,1-5H3,(H,28,30)(H,29,32)(H2,26,33,34)/t17-,18-. The third kappa shape index (κ3) is 6.49. The van der Waals surface area contributed by atoms with Crippen LogP contribution in [-0.4, -0.2) is 41.4 Å². The largest absolute Gasteiger partial charge is 0.447 e. The number of nitrogens with zero attached hydrogens (tertiary/aromatic N) is 3. The Balaban J connectivity index is 1.53. The molecule has 4 N–H and O–H groups in total. The van der Waals surface area contributed by atoms with Crippen LogP contribution in [0, 0.1) is 13.8 Å². The predicted molar refractivity (Wildman–Crippen MR) is 145 cm³/mol. The van der Waals surface area contributed by atoms with Crippen LogP contribution in [0.2, 0.25) is 0 Å². The highest BCUT2D eigenvalue weighted by Gasteiger charge is 2.28. The highest BCUT2D eigenvalue weighted by molar-refractivity contribution is 7.89. The van der Waals surface area contributed by atoms with Crippen molar-refractivity contribution < 1.29 is 17.9 Å². The fourth-order valence-electron chi connectivity index (χ4n) is 4.53. The lowest BCUT2D eigenvalue weighted by molar-refractivity contribution is 0.109. The first kappa shape index (κ1) is 27.1. The molecule has 0 unspecified atom stereocenters. The van der Waals surface area contributed by atoms with Gasteiger partial charge in [-0.3, -0.25) is 4.68 Å². The number of thiazole rings is 1. The van der Waals surface area contributed by atoms with E-state index in [9.17, 15) is 13.2 Å². The van der Waals surface area contributed by atoms with Gasteiger partial charge in [0.15, 0.2) is 5.82 Å². The summed E-state index contributed by atoms with van der Waals surface area (Å²) in [5.41, 5.74) is 2.86. The second kappa shape index (κ2) is 10.8. The molecule has 12 heteroatoms. The molecule has 0 saturated heterocycles. The Kier molecular flexibility index (Phi) is 7.91. The van der Waals surface area contributed by atoms with Crippen molar-refractivity contribution in [2.45, 2.75) is 76.3 Å². The van der Waals surface area contributed by atoms with Gasteiger partial charge in [-0.05, 0) is 65.5 Å². The molecule has 3 aromatic rings. The number of nitrogens with one attached hydrogen (secondary N) is 2. The van der Waals surface area contributed by atoms with Crippen molar-refractivity contribution in [3.8, 4) is 10.4 Å². The number of anilines is 2. The van der Waals surface area contributed by atoms with E-state index in [0.29, 0.717) is 17.1 Å². The molecule has 0 spiro atoms. The minimum atomic E-state index is -4.00. The first-order chi connectivity index (χ1) is 17.4. The number of aryl methyl sites for hydroxylation is 3. The number of ether oxygens (including phenoxy) is 1. The third-order valence-electron chi connectivity index (χ3n) is 6.47. The summed E-state index contributed by atoms with van der Waals surface area (Å²) in [6.45, 7) is 7.47. The van der Waals surface area contributed by atoms with Gasteiger partial charge in [-0.1, -0.05) is 6.07 Å². The number of carbonyl (C=O) groups excluding carboxylic acids is 1. The van der Waals surface area contributed by atoms with Gasteiger partial charge in [-0.25, -0.2) is 23.3 Å². The average Bonchev–Trinajstić information content (AvgIpc) is 3.34. The highest BCUT2D eigenvalue weighted by Crippen LogP contribution is 2.41. The fraction of sp³-hybridized carbons (Fsp3) is 0.480. The van der Waals surface area contributed by atoms with E-state index in [1.807, 2.05) is 46.9 Å². The molecule has 10 nitrogen and oxygen atoms in total. The average molecular weight is 547 g/mol. The molecule has 2 aromatic heterocycles. The maximum absolute atomic E-state index is 12.6. The third-order valence-corrected chi connectivity index (χ3v) is 8.78. The molecule has 1 fully saturated rings. The van der Waals surface area contributed by atoms with Gasteiger partial charge in [0.25, 0.3) is 0 Å². The van der Waals surface area contributed by atoms with Gasteiger partial charge in [-0.15, -0.1) is 11.3 Å². The number of sulfonamides is 1. The maximum Gasteiger partial charge on any atom is 0.407 e. The molecule has 1 amide bonds. The van der Waals surface area contributed by atoms with Gasteiger partial charge >= 0.3 is 6.09 Å². The Bertz CT molecular complexity index is 1370. The molecule has 1 saturated carbocycles. The van der Waals surface area contributed by atoms with E-state index in [1.165, 1.54) is 11.3 Å². The van der Waals surface area contributed by atoms with E-state index in [2.05, 4.69) is 15.7 Å². The molecule has 2 heterocycles. The number of amides is 1. The topological polar surface area (TPSA) is 141 Å². The van der Waals surface area contributed by atoms with E-state index in [-0.39, 0.29) is 29.1 Å². The van der Waals surface area contributed by atoms with Crippen LogP contribution >= 0.6 is 11.3 Å². The van der Waals surface area contributed by atoms with E-state index in [4.69, 9.17) is 14.9 Å². The number of aromatic nitrogens is 3. The second-order valence-electron chi connectivity index (χ2n) is 9.79. The number of alkyl carbamates (subject to hydrolysis) is 1. The Morgan fingerprint density at radius 2 is 1.89 bits per heavy atom. The van der Waals surface area contributed by atoms with Gasteiger partial charge in [0.05, 0.1) is 26.6 Å². The van der Waals surface area contributed by atoms with Crippen LogP contribution in [0.5, 0.6) is 0 Å². The summed E-state index contributed by atoms with van der Waals surface area (Å²) in [4.78, 5) is 17.6. The Morgan fingerprint density at radius 1 is 1.19 bits per heavy atom. The van der Waals surface area contributed by atoms with Crippen LogP contribution in [0.25, 0.3) is 10.4 Å². The lowest BCUT2D eigenvalue weighted by atomic mass is 9.86. The molecule has 0 aliphatic heterocycles. The Morgan fingerprint density at radius 3 is 2.49 bits per heavy atom. The van der Waals surface area contributed by atoms with Crippen molar-refractivity contribution in [2.24, 2.45) is 12.2 Å². The van der Waals surface area contributed by atoms with Crippen LogP contribution in [0.4, 0.5) is 16.3 Å². The zero-order valence-corrected chi connectivity index (χ0v) is 23.4. The molecule has 0 bridgehead atoms. The number of benzene rings is 1. The van der Waals surface area contributed by atoms with Crippen molar-refractivity contribution >= 4 is 39.0 Å². The predicted octanol–water partition coefficient (Wildman–Crippen LogP) is 4.71. The number of primary sulfonamides is 1. The zero-order valence-electron chi connectivity index (χ0n) is 21.7. The van der Waals surface area contributed by atoms with E-state index >= 15 is 0 Å². The van der Waals surface area contributed by atoms with Gasteiger partial charge in [-0.2, -0.15) is 5.10 Å². The number of rotatable bonds is 7. The minimum absolute atomic E-state index is 0.0417. The number of nitrogens with two attached hydrogens (primary N) is 1. The van der Waals surface area contributed by atoms with Crippen LogP contribution in [-0.2, 0) is 21.8 Å². The summed E-state index contributed by atoms with van der Waals surface area (Å²) in [6.07, 6.45) is 2.90. The van der Waals surface area contributed by atoms with Crippen molar-refractivity contribution in [1.82, 2.24) is 20.1 Å². The van der Waals surface area contributed by atoms with E-state index < -0.39 is 10.0 Å². The fourth-order valence-corrected chi connectivity index (χ4v) is 6.64. The molecule has 0 radical (unpaired) electrons. The zero-order chi connectivity index (χ0) is 26.9. The van der Waals surface area contributed by atoms with Gasteiger partial charge in [0, 0.05) is 42.0 Å². The Labute approximate surface area is 221 Å². The molecule has 1 aliphatic carbocycles. The molecule has 4 rings (SSSR count). The summed E-state index contributed by atoms with van der Waals surface area (Å²) in [5, 5.41) is 17.1. The SMILES string of the molecule is Cc1nc([C@H]2CC[C@H](NC(=O)OC(C)C)CC2)sc1-c1ccc(Nc2cc(C)n(C)n2)cc1S(N)(=O)=O. The molecular weight excluding hydrogens is 512 g/mol. The number of hydrogen-bond donors (Lipinski definition) is 3. The number of hydrogen-bond acceptors (Lipinski definition) is 8. The van der Waals surface area contributed by atoms with Crippen molar-refractivity contribution in [3.05, 3.63) is 40.7 Å². The molecular formula is C25H34N6O4S2. The molecule has 37 heavy (non-hydrogen) atoms. The van der Waals surface area contributed by atoms with Crippen LogP contribution < -0.4 is 15.8 Å². The Hall–Kier alpha value is -2.96. The highest BCUT2D eigenvalue weighted by atomic mass is 32.2. The maximum atomic E-state index is 12.6. The van der Waals surface area contributed by atoms with Crippen LogP contribution in [0.15, 0.2) is 29.2 Å². The minimum Gasteiger partial charge on any atom is -0.447 e. The van der Waals surface area contributed by atoms with E-state index in [0.717, 1.165) is 47.0 Å². The summed E-state index contributed by atoms with van der Waals surface area (Å²) in [5.74, 6) is 0.870. The van der Waals surface area contributed by atoms with Gasteiger partial charge < -0.3 is 15.4 Å². The first-order valence-corrected chi connectivity index (χ1v) is 14.7. The van der Waals surface area contributed by atoms with Gasteiger partial charge in [0.1, 0.15) is 0 Å². The molecule has 1 aromatic carbocycles. The smallest absolute Gasteiger partial charge is 0.407 e. The molecule has 200 valence electrons. The molecule has 1 aliphatic rings. The van der Waals surface area contributed by atoms with Crippen molar-refractivity contribution in [2.75, 3.05) is 5.32 Å². The van der Waals surface area contributed by atoms with Crippen molar-refractivity contribution in [3.63, 3.8) is 0 Å². The summed E-state index contributed by atoms with van der Waals surface area (Å²) >= 11 is 1.51.